The molecule has 0 aliphatic heterocycles. The summed E-state index contributed by atoms with van der Waals surface area (Å²) in [6.45, 7) is 0.799. The number of nitrogens with zero attached hydrogens (tertiary/aromatic N) is 4. The summed E-state index contributed by atoms with van der Waals surface area (Å²) in [4.78, 5) is 13.5. The van der Waals surface area contributed by atoms with Gasteiger partial charge in [-0.15, -0.1) is 0 Å². The third kappa shape index (κ3) is 3.48. The minimum Gasteiger partial charge on any atom is -0.385 e. The Morgan fingerprint density at radius 2 is 2.04 bits per heavy atom. The molecule has 3 heterocycles. The van der Waals surface area contributed by atoms with Crippen molar-refractivity contribution in [2.24, 2.45) is 0 Å². The molecule has 1 fully saturated rings. The Morgan fingerprint density at radius 3 is 2.68 bits per heavy atom. The standard InChI is InChI=1S/C19H24F3N5O/c1-11(28)18-25-15-9-24-17-14(7-8-23-17)16(15)27(18)13-5-3-12(4-6-13)26(2)10-19(20,21)22/h7-9,11-13,28H,3-6,10H2,1-2H3,(H,23,24)/t11-,12?,13?/m1/s1. The molecule has 1 aliphatic rings. The highest BCUT2D eigenvalue weighted by atomic mass is 19.4. The fourth-order valence-electron chi connectivity index (χ4n) is 4.44. The lowest BCUT2D eigenvalue weighted by Gasteiger charge is -2.36. The van der Waals surface area contributed by atoms with Gasteiger partial charge in [0.2, 0.25) is 0 Å². The molecule has 9 heteroatoms. The van der Waals surface area contributed by atoms with Crippen molar-refractivity contribution in [1.82, 2.24) is 24.4 Å². The second kappa shape index (κ2) is 7.04. The van der Waals surface area contributed by atoms with E-state index in [2.05, 4.69) is 19.5 Å². The van der Waals surface area contributed by atoms with E-state index in [-0.39, 0.29) is 12.1 Å². The molecule has 6 nitrogen and oxygen atoms in total. The smallest absolute Gasteiger partial charge is 0.385 e. The first kappa shape index (κ1) is 19.2. The number of imidazole rings is 1. The summed E-state index contributed by atoms with van der Waals surface area (Å²) < 4.78 is 40.2. The third-order valence-corrected chi connectivity index (χ3v) is 5.72. The Bertz CT molecular complexity index is 969. The van der Waals surface area contributed by atoms with Crippen molar-refractivity contribution in [3.05, 3.63) is 24.3 Å². The molecule has 1 atom stereocenters. The summed E-state index contributed by atoms with van der Waals surface area (Å²) in [6.07, 6.45) is 1.43. The van der Waals surface area contributed by atoms with Crippen LogP contribution in [0.2, 0.25) is 0 Å². The molecular formula is C19H24F3N5O. The van der Waals surface area contributed by atoms with Gasteiger partial charge in [-0.3, -0.25) is 4.90 Å². The molecule has 1 saturated carbocycles. The normalized spacial score (nSPS) is 22.4. The SMILES string of the molecule is C[C@@H](O)c1nc2cnc3[nH]ccc3c2n1C1CCC(N(C)CC(F)(F)F)CC1. The average molecular weight is 395 g/mol. The van der Waals surface area contributed by atoms with Crippen LogP contribution in [0.5, 0.6) is 0 Å². The highest BCUT2D eigenvalue weighted by molar-refractivity contribution is 6.01. The van der Waals surface area contributed by atoms with Gasteiger partial charge in [0.05, 0.1) is 18.3 Å². The fourth-order valence-corrected chi connectivity index (χ4v) is 4.44. The summed E-state index contributed by atoms with van der Waals surface area (Å²) in [5.74, 6) is 0.581. The highest BCUT2D eigenvalue weighted by Crippen LogP contribution is 2.37. The first-order valence-electron chi connectivity index (χ1n) is 9.53. The number of fused-ring (bicyclic) bond motifs is 3. The van der Waals surface area contributed by atoms with E-state index in [4.69, 9.17) is 0 Å². The summed E-state index contributed by atoms with van der Waals surface area (Å²) in [5.41, 5.74) is 2.40. The van der Waals surface area contributed by atoms with Crippen LogP contribution in [0.1, 0.15) is 50.6 Å². The van der Waals surface area contributed by atoms with E-state index in [1.807, 2.05) is 12.3 Å². The Labute approximate surface area is 160 Å². The number of nitrogens with one attached hydrogen (secondary N) is 1. The lowest BCUT2D eigenvalue weighted by molar-refractivity contribution is -0.148. The lowest BCUT2D eigenvalue weighted by atomic mass is 9.89. The number of aromatic nitrogens is 4. The van der Waals surface area contributed by atoms with Crippen molar-refractivity contribution in [3.63, 3.8) is 0 Å². The molecule has 0 saturated heterocycles. The molecule has 3 aromatic rings. The maximum Gasteiger partial charge on any atom is 0.401 e. The number of H-pyrrole nitrogens is 1. The maximum absolute atomic E-state index is 12.7. The van der Waals surface area contributed by atoms with Crippen molar-refractivity contribution in [2.45, 2.75) is 57.0 Å². The quantitative estimate of drug-likeness (QED) is 0.702. The fraction of sp³-hybridized carbons (Fsp3) is 0.579. The average Bonchev–Trinajstić information content (AvgIpc) is 3.24. The first-order valence-corrected chi connectivity index (χ1v) is 9.53. The second-order valence-electron chi connectivity index (χ2n) is 7.74. The van der Waals surface area contributed by atoms with Gasteiger partial charge in [0.15, 0.2) is 0 Å². The summed E-state index contributed by atoms with van der Waals surface area (Å²) in [5, 5.41) is 11.2. The van der Waals surface area contributed by atoms with Crippen molar-refractivity contribution < 1.29 is 18.3 Å². The van der Waals surface area contributed by atoms with Crippen LogP contribution < -0.4 is 0 Å². The number of halogens is 3. The highest BCUT2D eigenvalue weighted by Gasteiger charge is 2.34. The minimum atomic E-state index is -4.18. The molecule has 28 heavy (non-hydrogen) atoms. The number of aliphatic hydroxyl groups excluding tert-OH is 1. The molecule has 0 radical (unpaired) electrons. The molecule has 4 rings (SSSR count). The van der Waals surface area contributed by atoms with Crippen LogP contribution in [0.25, 0.3) is 22.1 Å². The molecule has 2 N–H and O–H groups in total. The first-order chi connectivity index (χ1) is 13.2. The van der Waals surface area contributed by atoms with E-state index in [0.29, 0.717) is 18.7 Å². The van der Waals surface area contributed by atoms with Gasteiger partial charge in [-0.25, -0.2) is 9.97 Å². The van der Waals surface area contributed by atoms with Gasteiger partial charge in [-0.2, -0.15) is 13.2 Å². The zero-order valence-electron chi connectivity index (χ0n) is 15.9. The van der Waals surface area contributed by atoms with Crippen molar-refractivity contribution in [3.8, 4) is 0 Å². The van der Waals surface area contributed by atoms with E-state index in [1.54, 1.807) is 20.2 Å². The summed E-state index contributed by atoms with van der Waals surface area (Å²) in [7, 11) is 1.54. The van der Waals surface area contributed by atoms with Crippen LogP contribution in [-0.2, 0) is 0 Å². The van der Waals surface area contributed by atoms with Gasteiger partial charge in [-0.05, 0) is 45.7 Å². The van der Waals surface area contributed by atoms with Crippen LogP contribution in [0.3, 0.4) is 0 Å². The minimum absolute atomic E-state index is 0.0865. The number of aliphatic hydroxyl groups is 1. The van der Waals surface area contributed by atoms with E-state index < -0.39 is 18.8 Å². The predicted molar refractivity (Wildman–Crippen MR) is 100.0 cm³/mol. The maximum atomic E-state index is 12.7. The molecule has 0 bridgehead atoms. The largest absolute Gasteiger partial charge is 0.401 e. The zero-order chi connectivity index (χ0) is 20.1. The Morgan fingerprint density at radius 1 is 1.32 bits per heavy atom. The molecule has 0 amide bonds. The number of pyridine rings is 1. The van der Waals surface area contributed by atoms with Gasteiger partial charge < -0.3 is 14.7 Å². The molecule has 3 aromatic heterocycles. The number of hydrogen-bond acceptors (Lipinski definition) is 4. The van der Waals surface area contributed by atoms with E-state index >= 15 is 0 Å². The zero-order valence-corrected chi connectivity index (χ0v) is 15.9. The number of rotatable bonds is 4. The Hall–Kier alpha value is -2.13. The van der Waals surface area contributed by atoms with Crippen LogP contribution in [0.15, 0.2) is 18.5 Å². The predicted octanol–water partition coefficient (Wildman–Crippen LogP) is 3.94. The Balaban J connectivity index is 1.64. The van der Waals surface area contributed by atoms with Crippen LogP contribution in [-0.4, -0.2) is 55.3 Å². The van der Waals surface area contributed by atoms with Gasteiger partial charge >= 0.3 is 6.18 Å². The van der Waals surface area contributed by atoms with Crippen LogP contribution in [0.4, 0.5) is 13.2 Å². The molecule has 1 aliphatic carbocycles. The summed E-state index contributed by atoms with van der Waals surface area (Å²) in [6, 6.07) is 1.94. The number of aromatic amines is 1. The molecule has 0 aromatic carbocycles. The monoisotopic (exact) mass is 395 g/mol. The topological polar surface area (TPSA) is 70.0 Å². The van der Waals surface area contributed by atoms with E-state index in [1.165, 1.54) is 4.90 Å². The van der Waals surface area contributed by atoms with Gasteiger partial charge in [0.25, 0.3) is 0 Å². The summed E-state index contributed by atoms with van der Waals surface area (Å²) >= 11 is 0. The molecule has 0 spiro atoms. The lowest BCUT2D eigenvalue weighted by Crippen LogP contribution is -2.41. The third-order valence-electron chi connectivity index (χ3n) is 5.72. The van der Waals surface area contributed by atoms with Gasteiger partial charge in [0, 0.05) is 23.7 Å². The number of hydrogen-bond donors (Lipinski definition) is 2. The molecule has 0 unspecified atom stereocenters. The molecule has 152 valence electrons. The van der Waals surface area contributed by atoms with E-state index in [0.717, 1.165) is 34.9 Å². The van der Waals surface area contributed by atoms with Crippen molar-refractivity contribution in [1.29, 1.82) is 0 Å². The second-order valence-corrected chi connectivity index (χ2v) is 7.74. The molecular weight excluding hydrogens is 371 g/mol. The van der Waals surface area contributed by atoms with Gasteiger partial charge in [0.1, 0.15) is 23.1 Å². The van der Waals surface area contributed by atoms with Crippen molar-refractivity contribution >= 4 is 22.1 Å². The Kier molecular flexibility index (Phi) is 4.83. The van der Waals surface area contributed by atoms with E-state index in [9.17, 15) is 18.3 Å². The van der Waals surface area contributed by atoms with Crippen molar-refractivity contribution in [2.75, 3.05) is 13.6 Å². The van der Waals surface area contributed by atoms with Crippen LogP contribution >= 0.6 is 0 Å². The van der Waals surface area contributed by atoms with Gasteiger partial charge in [-0.1, -0.05) is 0 Å². The van der Waals surface area contributed by atoms with Crippen LogP contribution in [0, 0.1) is 0 Å². The number of alkyl halides is 3.